The smallest absolute Gasteiger partial charge is 0.337 e. The van der Waals surface area contributed by atoms with Gasteiger partial charge in [0.25, 0.3) is 5.56 Å². The monoisotopic (exact) mass is 494 g/mol. The van der Waals surface area contributed by atoms with E-state index in [1.165, 1.54) is 14.2 Å². The number of methoxy groups -OCH3 is 2. The average Bonchev–Trinajstić information content (AvgIpc) is 2.93. The van der Waals surface area contributed by atoms with Gasteiger partial charge in [-0.25, -0.2) is 4.79 Å². The molecule has 2 aliphatic rings. The Morgan fingerprint density at radius 2 is 1.59 bits per heavy atom. The van der Waals surface area contributed by atoms with Crippen molar-refractivity contribution in [2.75, 3.05) is 19.5 Å². The summed E-state index contributed by atoms with van der Waals surface area (Å²) in [6.07, 6.45) is 1.24. The summed E-state index contributed by atoms with van der Waals surface area (Å²) in [4.78, 5) is 29.5. The highest BCUT2D eigenvalue weighted by molar-refractivity contribution is 5.96. The van der Waals surface area contributed by atoms with Crippen LogP contribution in [0.15, 0.2) is 58.7 Å². The van der Waals surface area contributed by atoms with Gasteiger partial charge in [-0.3, -0.25) is 4.79 Å². The second-order valence-corrected chi connectivity index (χ2v) is 8.77. The van der Waals surface area contributed by atoms with Crippen LogP contribution in [0.25, 0.3) is 0 Å². The lowest BCUT2D eigenvalue weighted by Crippen LogP contribution is -2.35. The molecular weight excluding hydrogens is 472 g/mol. The highest BCUT2D eigenvalue weighted by atomic mass is 16.5. The fourth-order valence-electron chi connectivity index (χ4n) is 5.00. The van der Waals surface area contributed by atoms with Crippen LogP contribution in [0.3, 0.4) is 0 Å². The first-order valence-electron chi connectivity index (χ1n) is 11.5. The number of fused-ring (bicyclic) bond motifs is 1. The molecule has 0 fully saturated rings. The number of cyclic esters (lactones) is 1. The molecule has 0 saturated carbocycles. The molecule has 5 rings (SSSR count). The van der Waals surface area contributed by atoms with Gasteiger partial charge in [-0.15, -0.1) is 0 Å². The van der Waals surface area contributed by atoms with Crippen molar-refractivity contribution in [3.05, 3.63) is 97.6 Å². The van der Waals surface area contributed by atoms with E-state index in [4.69, 9.17) is 14.2 Å². The SMILES string of the molecule is COc1cc(C#N)ccc1C1CC2=C(C(=O)O1)C(c1ccc(C#N)cc1OC)c1c(c(C)c[nH]c1=O)N2. The van der Waals surface area contributed by atoms with Gasteiger partial charge < -0.3 is 24.5 Å². The lowest BCUT2D eigenvalue weighted by molar-refractivity contribution is -0.146. The van der Waals surface area contributed by atoms with Crippen molar-refractivity contribution in [3.8, 4) is 23.6 Å². The Kier molecular flexibility index (Phi) is 5.90. The van der Waals surface area contributed by atoms with E-state index >= 15 is 0 Å². The van der Waals surface area contributed by atoms with Gasteiger partial charge in [-0.05, 0) is 36.8 Å². The number of aryl methyl sites for hydroxylation is 1. The predicted molar refractivity (Wildman–Crippen MR) is 133 cm³/mol. The first kappa shape index (κ1) is 23.7. The number of carbonyl (C=O) groups is 1. The molecular formula is C28H22N4O5. The Balaban J connectivity index is 1.70. The summed E-state index contributed by atoms with van der Waals surface area (Å²) in [5.74, 6) is -0.551. The Hall–Kier alpha value is -5.02. The lowest BCUT2D eigenvalue weighted by Gasteiger charge is -2.37. The summed E-state index contributed by atoms with van der Waals surface area (Å²) in [7, 11) is 2.97. The normalized spacial score (nSPS) is 17.9. The number of anilines is 1. The van der Waals surface area contributed by atoms with Crippen LogP contribution in [-0.2, 0) is 9.53 Å². The predicted octanol–water partition coefficient (Wildman–Crippen LogP) is 3.94. The van der Waals surface area contributed by atoms with Gasteiger partial charge in [0.15, 0.2) is 0 Å². The number of H-pyrrole nitrogens is 1. The van der Waals surface area contributed by atoms with Crippen LogP contribution in [0.2, 0.25) is 0 Å². The van der Waals surface area contributed by atoms with Crippen molar-refractivity contribution in [3.63, 3.8) is 0 Å². The van der Waals surface area contributed by atoms with Gasteiger partial charge in [0.05, 0.1) is 60.2 Å². The Morgan fingerprint density at radius 1 is 0.973 bits per heavy atom. The van der Waals surface area contributed by atoms with Crippen LogP contribution in [-0.4, -0.2) is 25.2 Å². The van der Waals surface area contributed by atoms with Crippen molar-refractivity contribution < 1.29 is 19.0 Å². The minimum absolute atomic E-state index is 0.296. The molecule has 3 heterocycles. The maximum atomic E-state index is 13.6. The van der Waals surface area contributed by atoms with Gasteiger partial charge in [0.1, 0.15) is 17.6 Å². The van der Waals surface area contributed by atoms with Gasteiger partial charge in [-0.2, -0.15) is 10.5 Å². The van der Waals surface area contributed by atoms with Crippen LogP contribution >= 0.6 is 0 Å². The molecule has 0 spiro atoms. The van der Waals surface area contributed by atoms with E-state index in [0.717, 1.165) is 5.56 Å². The number of rotatable bonds is 4. The number of nitrogens with zero attached hydrogens (tertiary/aromatic N) is 2. The zero-order valence-corrected chi connectivity index (χ0v) is 20.3. The molecule has 9 nitrogen and oxygen atoms in total. The summed E-state index contributed by atoms with van der Waals surface area (Å²) in [5, 5.41) is 21.9. The second-order valence-electron chi connectivity index (χ2n) is 8.77. The summed E-state index contributed by atoms with van der Waals surface area (Å²) in [5.41, 5.74) is 4.36. The molecule has 0 radical (unpaired) electrons. The molecule has 1 aromatic heterocycles. The topological polar surface area (TPSA) is 137 Å². The van der Waals surface area contributed by atoms with Crippen molar-refractivity contribution in [1.82, 2.24) is 4.98 Å². The third kappa shape index (κ3) is 3.87. The van der Waals surface area contributed by atoms with Gasteiger partial charge in [0.2, 0.25) is 0 Å². The van der Waals surface area contributed by atoms with E-state index in [-0.39, 0.29) is 5.56 Å². The summed E-state index contributed by atoms with van der Waals surface area (Å²) < 4.78 is 17.0. The van der Waals surface area contributed by atoms with Crippen LogP contribution in [0, 0.1) is 29.6 Å². The highest BCUT2D eigenvalue weighted by Gasteiger charge is 2.43. The number of aromatic nitrogens is 1. The molecule has 2 aromatic carbocycles. The van der Waals surface area contributed by atoms with Crippen molar-refractivity contribution in [2.24, 2.45) is 0 Å². The molecule has 2 atom stereocenters. The van der Waals surface area contributed by atoms with E-state index in [2.05, 4.69) is 22.4 Å². The number of benzene rings is 2. The molecule has 2 unspecified atom stereocenters. The second kappa shape index (κ2) is 9.21. The first-order chi connectivity index (χ1) is 17.9. The van der Waals surface area contributed by atoms with E-state index in [0.29, 0.717) is 62.7 Å². The van der Waals surface area contributed by atoms with Gasteiger partial charge in [0, 0.05) is 29.4 Å². The quantitative estimate of drug-likeness (QED) is 0.520. The number of esters is 1. The molecule has 9 heteroatoms. The largest absolute Gasteiger partial charge is 0.496 e. The number of nitrogens with one attached hydrogen (secondary N) is 2. The van der Waals surface area contributed by atoms with E-state index in [1.54, 1.807) is 42.6 Å². The maximum Gasteiger partial charge on any atom is 0.337 e. The van der Waals surface area contributed by atoms with Crippen LogP contribution < -0.4 is 20.3 Å². The lowest BCUT2D eigenvalue weighted by atomic mass is 9.78. The fraction of sp³-hybridized carbons (Fsp3) is 0.214. The molecule has 0 saturated heterocycles. The third-order valence-corrected chi connectivity index (χ3v) is 6.75. The van der Waals surface area contributed by atoms with Crippen molar-refractivity contribution in [1.29, 1.82) is 10.5 Å². The van der Waals surface area contributed by atoms with Gasteiger partial charge >= 0.3 is 5.97 Å². The first-order valence-corrected chi connectivity index (χ1v) is 11.5. The molecule has 184 valence electrons. The Labute approximate surface area is 212 Å². The molecule has 0 aliphatic carbocycles. The van der Waals surface area contributed by atoms with Crippen molar-refractivity contribution in [2.45, 2.75) is 25.4 Å². The molecule has 2 aliphatic heterocycles. The fourth-order valence-corrected chi connectivity index (χ4v) is 5.00. The zero-order chi connectivity index (χ0) is 26.3. The van der Waals surface area contributed by atoms with Crippen LogP contribution in [0.5, 0.6) is 11.5 Å². The number of aromatic amines is 1. The maximum absolute atomic E-state index is 13.6. The van der Waals surface area contributed by atoms with Crippen LogP contribution in [0.4, 0.5) is 5.69 Å². The average molecular weight is 495 g/mol. The standard InChI is InChI=1S/C28H22N4O5/c1-14-13-31-27(33)25-23(18-7-5-16(12-30)9-21(18)36-3)24-19(32-26(14)25)10-22(37-28(24)34)17-6-4-15(11-29)8-20(17)35-2/h4-9,13,22-23,32H,10H2,1-3H3,(H,31,33). The minimum atomic E-state index is -0.783. The van der Waals surface area contributed by atoms with E-state index in [9.17, 15) is 20.1 Å². The number of carbonyl (C=O) groups excluding carboxylic acids is 1. The Morgan fingerprint density at radius 3 is 2.22 bits per heavy atom. The molecule has 37 heavy (non-hydrogen) atoms. The number of hydrogen-bond acceptors (Lipinski definition) is 8. The Bertz CT molecular complexity index is 1620. The summed E-state index contributed by atoms with van der Waals surface area (Å²) in [6, 6.07) is 14.0. The summed E-state index contributed by atoms with van der Waals surface area (Å²) >= 11 is 0. The van der Waals surface area contributed by atoms with Crippen LogP contribution in [0.1, 0.15) is 51.8 Å². The third-order valence-electron chi connectivity index (χ3n) is 6.75. The van der Waals surface area contributed by atoms with Gasteiger partial charge in [-0.1, -0.05) is 12.1 Å². The van der Waals surface area contributed by atoms with E-state index < -0.39 is 18.0 Å². The van der Waals surface area contributed by atoms with Crippen molar-refractivity contribution >= 4 is 11.7 Å². The summed E-state index contributed by atoms with van der Waals surface area (Å²) in [6.45, 7) is 1.86. The molecule has 0 amide bonds. The molecule has 0 bridgehead atoms. The molecule has 2 N–H and O–H groups in total. The number of nitriles is 2. The molecule has 3 aromatic rings. The number of ether oxygens (including phenoxy) is 3. The zero-order valence-electron chi connectivity index (χ0n) is 20.3. The highest BCUT2D eigenvalue weighted by Crippen LogP contribution is 2.49. The van der Waals surface area contributed by atoms with E-state index in [1.807, 2.05) is 6.92 Å². The minimum Gasteiger partial charge on any atom is -0.496 e. The number of pyridine rings is 1. The number of hydrogen-bond donors (Lipinski definition) is 2.